The predicted molar refractivity (Wildman–Crippen MR) is 138 cm³/mol. The number of amides is 3. The fourth-order valence-corrected chi connectivity index (χ4v) is 3.74. The lowest BCUT2D eigenvalue weighted by atomic mass is 9.93. The van der Waals surface area contributed by atoms with Gasteiger partial charge in [-0.1, -0.05) is 43.7 Å². The van der Waals surface area contributed by atoms with Gasteiger partial charge in [0, 0.05) is 5.54 Å². The third-order valence-corrected chi connectivity index (χ3v) is 5.16. The molecule has 0 heterocycles. The number of carbonyl (C=O) groups excluding carboxylic acids is 4. The number of hydrogen-bond acceptors (Lipinski definition) is 6. The fourth-order valence-electron chi connectivity index (χ4n) is 3.74. The number of nitrogens with zero attached hydrogens (tertiary/aromatic N) is 1. The lowest BCUT2D eigenvalue weighted by Crippen LogP contribution is -2.59. The minimum Gasteiger partial charge on any atom is -0.468 e. The molecule has 202 valence electrons. The molecule has 2 N–H and O–H groups in total. The maximum absolute atomic E-state index is 14.1. The van der Waals surface area contributed by atoms with Gasteiger partial charge in [0.2, 0.25) is 11.8 Å². The lowest BCUT2D eigenvalue weighted by Gasteiger charge is -2.43. The van der Waals surface area contributed by atoms with Crippen molar-refractivity contribution in [2.45, 2.75) is 92.0 Å². The van der Waals surface area contributed by atoms with Crippen LogP contribution in [0.1, 0.15) is 79.0 Å². The molecular weight excluding hydrogens is 462 g/mol. The van der Waals surface area contributed by atoms with Gasteiger partial charge in [-0.15, -0.1) is 0 Å². The molecule has 0 radical (unpaired) electrons. The summed E-state index contributed by atoms with van der Waals surface area (Å²) >= 11 is 0. The van der Waals surface area contributed by atoms with Gasteiger partial charge in [0.25, 0.3) is 0 Å². The zero-order chi connectivity index (χ0) is 27.8. The second-order valence-corrected chi connectivity index (χ2v) is 11.3. The molecule has 36 heavy (non-hydrogen) atoms. The Morgan fingerprint density at radius 2 is 1.64 bits per heavy atom. The largest absolute Gasteiger partial charge is 0.468 e. The van der Waals surface area contributed by atoms with Crippen molar-refractivity contribution in [1.82, 2.24) is 15.5 Å². The molecule has 0 fully saturated rings. The first-order valence-electron chi connectivity index (χ1n) is 12.2. The highest BCUT2D eigenvalue weighted by Crippen LogP contribution is 2.31. The van der Waals surface area contributed by atoms with Gasteiger partial charge in [-0.2, -0.15) is 0 Å². The van der Waals surface area contributed by atoms with Gasteiger partial charge in [0.15, 0.2) is 0 Å². The van der Waals surface area contributed by atoms with Gasteiger partial charge < -0.3 is 25.0 Å². The highest BCUT2D eigenvalue weighted by molar-refractivity contribution is 5.93. The van der Waals surface area contributed by atoms with Crippen molar-refractivity contribution in [1.29, 1.82) is 0 Å². The number of nitrogens with one attached hydrogen (secondary N) is 2. The molecule has 0 aliphatic rings. The monoisotopic (exact) mass is 505 g/mol. The van der Waals surface area contributed by atoms with Gasteiger partial charge in [0.05, 0.1) is 7.11 Å². The first-order chi connectivity index (χ1) is 16.5. The van der Waals surface area contributed by atoms with E-state index in [-0.39, 0.29) is 12.5 Å². The molecule has 3 amide bonds. The van der Waals surface area contributed by atoms with Crippen molar-refractivity contribution < 1.29 is 28.7 Å². The summed E-state index contributed by atoms with van der Waals surface area (Å²) in [5, 5.41) is 5.31. The van der Waals surface area contributed by atoms with E-state index in [0.717, 1.165) is 5.56 Å². The van der Waals surface area contributed by atoms with E-state index in [1.807, 2.05) is 53.7 Å². The molecule has 9 heteroatoms. The third-order valence-electron chi connectivity index (χ3n) is 5.16. The van der Waals surface area contributed by atoms with Crippen LogP contribution >= 0.6 is 0 Å². The van der Waals surface area contributed by atoms with E-state index in [9.17, 15) is 19.2 Å². The molecular formula is C27H43N3O6. The summed E-state index contributed by atoms with van der Waals surface area (Å²) in [7, 11) is 1.23. The van der Waals surface area contributed by atoms with Crippen LogP contribution in [0.4, 0.5) is 4.79 Å². The van der Waals surface area contributed by atoms with Crippen LogP contribution in [0.25, 0.3) is 0 Å². The number of esters is 1. The summed E-state index contributed by atoms with van der Waals surface area (Å²) in [6.45, 7) is 16.1. The van der Waals surface area contributed by atoms with Crippen molar-refractivity contribution >= 4 is 23.9 Å². The van der Waals surface area contributed by atoms with Crippen LogP contribution < -0.4 is 10.6 Å². The van der Waals surface area contributed by atoms with Crippen LogP contribution in [0.2, 0.25) is 0 Å². The van der Waals surface area contributed by atoms with E-state index in [2.05, 4.69) is 15.4 Å². The van der Waals surface area contributed by atoms with E-state index in [1.165, 1.54) is 12.0 Å². The standard InChI is InChI=1S/C27H43N3O6/c1-17(2)14-20(29-25(34)36-27(7,8)9)24(33)30(26(4,5)6)22(19-13-11-12-18(3)15-19)23(32)28-16-21(31)35-10/h11-13,15,17,20,22H,14,16H2,1-10H3,(H,28,32)(H,29,34). The summed E-state index contributed by atoms with van der Waals surface area (Å²) < 4.78 is 10.0. The number of rotatable bonds is 9. The van der Waals surface area contributed by atoms with E-state index >= 15 is 0 Å². The molecule has 0 saturated heterocycles. The molecule has 0 spiro atoms. The topological polar surface area (TPSA) is 114 Å². The van der Waals surface area contributed by atoms with Gasteiger partial charge in [-0.05, 0) is 66.4 Å². The van der Waals surface area contributed by atoms with Crippen molar-refractivity contribution in [2.24, 2.45) is 5.92 Å². The molecule has 0 aliphatic carbocycles. The Morgan fingerprint density at radius 1 is 1.03 bits per heavy atom. The Morgan fingerprint density at radius 3 is 2.11 bits per heavy atom. The molecule has 0 aliphatic heterocycles. The fraction of sp³-hybridized carbons (Fsp3) is 0.630. The van der Waals surface area contributed by atoms with Crippen molar-refractivity contribution in [3.63, 3.8) is 0 Å². The molecule has 0 bridgehead atoms. The Kier molecular flexibility index (Phi) is 10.9. The SMILES string of the molecule is COC(=O)CNC(=O)C(c1cccc(C)c1)N(C(=O)C(CC(C)C)NC(=O)OC(C)(C)C)C(C)(C)C. The first kappa shape index (κ1) is 30.9. The second-order valence-electron chi connectivity index (χ2n) is 11.3. The van der Waals surface area contributed by atoms with Crippen LogP contribution in [0.5, 0.6) is 0 Å². The number of hydrogen-bond donors (Lipinski definition) is 2. The molecule has 0 saturated carbocycles. The highest BCUT2D eigenvalue weighted by Gasteiger charge is 2.42. The average Bonchev–Trinajstić information content (AvgIpc) is 2.71. The van der Waals surface area contributed by atoms with Crippen LogP contribution in [0.3, 0.4) is 0 Å². The lowest BCUT2D eigenvalue weighted by molar-refractivity contribution is -0.149. The number of alkyl carbamates (subject to hydrolysis) is 1. The predicted octanol–water partition coefficient (Wildman–Crippen LogP) is 3.89. The maximum atomic E-state index is 14.1. The molecule has 9 nitrogen and oxygen atoms in total. The Labute approximate surface area is 215 Å². The number of carbonyl (C=O) groups is 4. The summed E-state index contributed by atoms with van der Waals surface area (Å²) in [4.78, 5) is 53.4. The summed E-state index contributed by atoms with van der Waals surface area (Å²) in [6, 6.07) is 5.30. The quantitative estimate of drug-likeness (QED) is 0.492. The van der Waals surface area contributed by atoms with Crippen LogP contribution in [0, 0.1) is 12.8 Å². The van der Waals surface area contributed by atoms with E-state index in [1.54, 1.807) is 32.9 Å². The van der Waals surface area contributed by atoms with E-state index in [4.69, 9.17) is 4.74 Å². The summed E-state index contributed by atoms with van der Waals surface area (Å²) in [5.74, 6) is -1.50. The first-order valence-corrected chi connectivity index (χ1v) is 12.2. The smallest absolute Gasteiger partial charge is 0.408 e. The molecule has 1 rings (SSSR count). The number of benzene rings is 1. The van der Waals surface area contributed by atoms with E-state index < -0.39 is 47.1 Å². The van der Waals surface area contributed by atoms with E-state index in [0.29, 0.717) is 12.0 Å². The number of ether oxygens (including phenoxy) is 2. The Bertz CT molecular complexity index is 930. The zero-order valence-electron chi connectivity index (χ0n) is 23.4. The van der Waals surface area contributed by atoms with Crippen LogP contribution in [0.15, 0.2) is 24.3 Å². The summed E-state index contributed by atoms with van der Waals surface area (Å²) in [6.07, 6.45) is -0.368. The van der Waals surface area contributed by atoms with Crippen molar-refractivity contribution in [2.75, 3.05) is 13.7 Å². The number of aryl methyl sites for hydroxylation is 1. The third kappa shape index (κ3) is 9.87. The Hall–Kier alpha value is -3.10. The van der Waals surface area contributed by atoms with Crippen molar-refractivity contribution in [3.05, 3.63) is 35.4 Å². The van der Waals surface area contributed by atoms with Crippen LogP contribution in [-0.4, -0.2) is 59.6 Å². The zero-order valence-corrected chi connectivity index (χ0v) is 23.4. The van der Waals surface area contributed by atoms with Crippen LogP contribution in [-0.2, 0) is 23.9 Å². The second kappa shape index (κ2) is 12.7. The normalized spacial score (nSPS) is 13.4. The average molecular weight is 506 g/mol. The minimum atomic E-state index is -1.06. The molecule has 2 unspecified atom stereocenters. The van der Waals surface area contributed by atoms with Gasteiger partial charge in [0.1, 0.15) is 24.2 Å². The minimum absolute atomic E-state index is 0.0706. The van der Waals surface area contributed by atoms with Gasteiger partial charge >= 0.3 is 12.1 Å². The molecule has 1 aromatic rings. The maximum Gasteiger partial charge on any atom is 0.408 e. The molecule has 0 aromatic heterocycles. The Balaban J connectivity index is 3.55. The van der Waals surface area contributed by atoms with Crippen molar-refractivity contribution in [3.8, 4) is 0 Å². The highest BCUT2D eigenvalue weighted by atomic mass is 16.6. The molecule has 2 atom stereocenters. The van der Waals surface area contributed by atoms with Gasteiger partial charge in [-0.3, -0.25) is 14.4 Å². The molecule has 1 aromatic carbocycles. The summed E-state index contributed by atoms with van der Waals surface area (Å²) in [5.41, 5.74) is -0.0675. The van der Waals surface area contributed by atoms with Gasteiger partial charge in [-0.25, -0.2) is 4.79 Å². The number of methoxy groups -OCH3 is 1.